The zero-order valence-corrected chi connectivity index (χ0v) is 18.4. The van der Waals surface area contributed by atoms with Crippen molar-refractivity contribution in [2.24, 2.45) is 0 Å². The van der Waals surface area contributed by atoms with Crippen LogP contribution in [0.25, 0.3) is 11.3 Å². The first-order valence-corrected chi connectivity index (χ1v) is 11.3. The Bertz CT molecular complexity index is 1060. The Morgan fingerprint density at radius 3 is 2.70 bits per heavy atom. The molecule has 1 saturated carbocycles. The van der Waals surface area contributed by atoms with Crippen LogP contribution in [0.1, 0.15) is 54.8 Å². The van der Waals surface area contributed by atoms with Gasteiger partial charge in [-0.2, -0.15) is 0 Å². The summed E-state index contributed by atoms with van der Waals surface area (Å²) in [7, 11) is 0. The van der Waals surface area contributed by atoms with Crippen LogP contribution in [0, 0.1) is 6.92 Å². The number of rotatable bonds is 4. The van der Waals surface area contributed by atoms with Crippen LogP contribution in [0.15, 0.2) is 59.1 Å². The molecule has 0 radical (unpaired) electrons. The first kappa shape index (κ1) is 19.6. The number of hydrogen-bond acceptors (Lipinski definition) is 3. The summed E-state index contributed by atoms with van der Waals surface area (Å²) in [6.07, 6.45) is 6.64. The number of halogens is 1. The maximum Gasteiger partial charge on any atom is 0.170 e. The minimum absolute atomic E-state index is 0.0230. The van der Waals surface area contributed by atoms with Crippen LogP contribution in [0.2, 0.25) is 5.02 Å². The van der Waals surface area contributed by atoms with E-state index in [0.29, 0.717) is 6.04 Å². The molecule has 1 aromatic carbocycles. The second-order valence-electron chi connectivity index (χ2n) is 8.14. The molecule has 2 aliphatic rings. The zero-order valence-electron chi connectivity index (χ0n) is 16.8. The highest BCUT2D eigenvalue weighted by molar-refractivity contribution is 7.80. The van der Waals surface area contributed by atoms with Crippen LogP contribution in [0.4, 0.5) is 0 Å². The van der Waals surface area contributed by atoms with Crippen LogP contribution in [-0.2, 0) is 0 Å². The Morgan fingerprint density at radius 2 is 1.97 bits per heavy atom. The molecule has 0 bridgehead atoms. The molecule has 5 rings (SSSR count). The van der Waals surface area contributed by atoms with Gasteiger partial charge in [0.25, 0.3) is 0 Å². The molecule has 2 atom stereocenters. The number of hydrogen-bond donors (Lipinski definition) is 1. The molecule has 30 heavy (non-hydrogen) atoms. The van der Waals surface area contributed by atoms with Gasteiger partial charge >= 0.3 is 0 Å². The van der Waals surface area contributed by atoms with Crippen molar-refractivity contribution in [1.82, 2.24) is 15.2 Å². The van der Waals surface area contributed by atoms with Gasteiger partial charge in [-0.05, 0) is 67.9 Å². The third kappa shape index (κ3) is 3.50. The molecule has 3 aromatic rings. The highest BCUT2D eigenvalue weighted by Crippen LogP contribution is 2.44. The highest BCUT2D eigenvalue weighted by atomic mass is 35.5. The summed E-state index contributed by atoms with van der Waals surface area (Å²) in [4.78, 5) is 6.96. The van der Waals surface area contributed by atoms with Gasteiger partial charge in [-0.1, -0.05) is 42.6 Å². The monoisotopic (exact) mass is 437 g/mol. The quantitative estimate of drug-likeness (QED) is 0.491. The average Bonchev–Trinajstić information content (AvgIpc) is 3.50. The number of thiocarbonyl (C=S) groups is 1. The summed E-state index contributed by atoms with van der Waals surface area (Å²) in [6, 6.07) is 16.5. The van der Waals surface area contributed by atoms with Crippen LogP contribution in [-0.4, -0.2) is 21.0 Å². The zero-order chi connectivity index (χ0) is 20.7. The minimum Gasteiger partial charge on any atom is -0.459 e. The second kappa shape index (κ2) is 8.05. The van der Waals surface area contributed by atoms with E-state index >= 15 is 0 Å². The number of nitrogens with one attached hydrogen (secondary N) is 1. The summed E-state index contributed by atoms with van der Waals surface area (Å²) in [5, 5.41) is 5.06. The highest BCUT2D eigenvalue weighted by Gasteiger charge is 2.45. The third-order valence-electron chi connectivity index (χ3n) is 6.23. The lowest BCUT2D eigenvalue weighted by molar-refractivity contribution is 0.218. The number of benzene rings is 1. The normalized spacial score (nSPS) is 21.9. The van der Waals surface area contributed by atoms with Gasteiger partial charge in [0.05, 0.1) is 11.7 Å². The van der Waals surface area contributed by atoms with Gasteiger partial charge in [0.2, 0.25) is 0 Å². The largest absolute Gasteiger partial charge is 0.459 e. The van der Waals surface area contributed by atoms with Crippen molar-refractivity contribution in [3.8, 4) is 11.3 Å². The smallest absolute Gasteiger partial charge is 0.170 e. The molecule has 6 heteroatoms. The summed E-state index contributed by atoms with van der Waals surface area (Å²) in [6.45, 7) is 2.00. The molecule has 0 unspecified atom stereocenters. The van der Waals surface area contributed by atoms with E-state index in [0.717, 1.165) is 51.3 Å². The topological polar surface area (TPSA) is 41.3 Å². The molecular weight excluding hydrogens is 414 g/mol. The number of nitrogens with zero attached hydrogens (tertiary/aromatic N) is 2. The Morgan fingerprint density at radius 1 is 1.13 bits per heavy atom. The molecule has 1 aliphatic heterocycles. The summed E-state index contributed by atoms with van der Waals surface area (Å²) < 4.78 is 6.41. The first-order chi connectivity index (χ1) is 14.6. The summed E-state index contributed by atoms with van der Waals surface area (Å²) in [5.41, 5.74) is 3.01. The van der Waals surface area contributed by atoms with Gasteiger partial charge < -0.3 is 14.6 Å². The van der Waals surface area contributed by atoms with Crippen molar-refractivity contribution in [3.63, 3.8) is 0 Å². The molecule has 1 N–H and O–H groups in total. The van der Waals surface area contributed by atoms with E-state index in [1.165, 1.54) is 12.8 Å². The van der Waals surface area contributed by atoms with E-state index in [1.54, 1.807) is 0 Å². The molecule has 3 heterocycles. The average molecular weight is 438 g/mol. The van der Waals surface area contributed by atoms with Gasteiger partial charge in [-0.25, -0.2) is 0 Å². The summed E-state index contributed by atoms with van der Waals surface area (Å²) in [5.74, 6) is 1.72. The Kier molecular flexibility index (Phi) is 5.25. The van der Waals surface area contributed by atoms with Crippen molar-refractivity contribution in [3.05, 3.63) is 76.8 Å². The lowest BCUT2D eigenvalue weighted by Crippen LogP contribution is -2.37. The second-order valence-corrected chi connectivity index (χ2v) is 8.93. The van der Waals surface area contributed by atoms with E-state index in [2.05, 4.69) is 27.3 Å². The van der Waals surface area contributed by atoms with Crippen LogP contribution in [0.5, 0.6) is 0 Å². The third-order valence-corrected chi connectivity index (χ3v) is 6.96. The molecule has 0 amide bonds. The Labute approximate surface area is 187 Å². The standard InChI is InChI=1S/C24H24ClN3OS/c1-15-9-10-16(14-18(15)25)20-11-12-21(29-20)23-22(19-8-4-5-13-26-19)27-24(30)28(23)17-6-2-3-7-17/h4-5,8-14,17,22-23H,2-3,6-7H2,1H3,(H,27,30)/t22-,23-/m0/s1. The van der Waals surface area contributed by atoms with Crippen LogP contribution >= 0.6 is 23.8 Å². The molecule has 1 saturated heterocycles. The van der Waals surface area contributed by atoms with E-state index < -0.39 is 0 Å². The van der Waals surface area contributed by atoms with Crippen LogP contribution < -0.4 is 5.32 Å². The van der Waals surface area contributed by atoms with Gasteiger partial charge in [-0.3, -0.25) is 4.98 Å². The fraction of sp³-hybridized carbons (Fsp3) is 0.333. The summed E-state index contributed by atoms with van der Waals surface area (Å²) >= 11 is 12.1. The molecular formula is C24H24ClN3OS. The van der Waals surface area contributed by atoms with E-state index in [9.17, 15) is 0 Å². The molecule has 4 nitrogen and oxygen atoms in total. The van der Waals surface area contributed by atoms with E-state index in [-0.39, 0.29) is 12.1 Å². The lowest BCUT2D eigenvalue weighted by atomic mass is 10.0. The lowest BCUT2D eigenvalue weighted by Gasteiger charge is -2.31. The van der Waals surface area contributed by atoms with Crippen molar-refractivity contribution in [2.45, 2.75) is 50.7 Å². The number of aromatic nitrogens is 1. The molecule has 2 aromatic heterocycles. The van der Waals surface area contributed by atoms with Crippen molar-refractivity contribution in [1.29, 1.82) is 0 Å². The fourth-order valence-electron chi connectivity index (χ4n) is 4.66. The van der Waals surface area contributed by atoms with Crippen molar-refractivity contribution in [2.75, 3.05) is 0 Å². The number of aryl methyl sites for hydroxylation is 1. The van der Waals surface area contributed by atoms with E-state index in [4.69, 9.17) is 28.2 Å². The van der Waals surface area contributed by atoms with Crippen LogP contribution in [0.3, 0.4) is 0 Å². The maximum atomic E-state index is 6.41. The van der Waals surface area contributed by atoms with Gasteiger partial charge in [0.15, 0.2) is 5.11 Å². The van der Waals surface area contributed by atoms with E-state index in [1.807, 2.05) is 49.5 Å². The predicted molar refractivity (Wildman–Crippen MR) is 123 cm³/mol. The number of pyridine rings is 1. The molecule has 154 valence electrons. The predicted octanol–water partition coefficient (Wildman–Crippen LogP) is 6.22. The fourth-order valence-corrected chi connectivity index (χ4v) is 5.23. The molecule has 2 fully saturated rings. The Hall–Kier alpha value is -2.37. The van der Waals surface area contributed by atoms with Gasteiger partial charge in [0.1, 0.15) is 17.6 Å². The van der Waals surface area contributed by atoms with Crippen molar-refractivity contribution < 1.29 is 4.42 Å². The maximum absolute atomic E-state index is 6.41. The minimum atomic E-state index is -0.0418. The van der Waals surface area contributed by atoms with Gasteiger partial charge in [0, 0.05) is 22.8 Å². The Balaban J connectivity index is 1.54. The molecule has 0 spiro atoms. The molecule has 1 aliphatic carbocycles. The van der Waals surface area contributed by atoms with Gasteiger partial charge in [-0.15, -0.1) is 0 Å². The first-order valence-electron chi connectivity index (χ1n) is 10.5. The number of furan rings is 1. The SMILES string of the molecule is Cc1ccc(-c2ccc([C@H]3[C@H](c4ccccn4)NC(=S)N3C3CCCC3)o2)cc1Cl. The van der Waals surface area contributed by atoms with Crippen molar-refractivity contribution >= 4 is 28.9 Å².